The Morgan fingerprint density at radius 3 is 3.06 bits per heavy atom. The zero-order valence-electron chi connectivity index (χ0n) is 10.0. The minimum Gasteiger partial charge on any atom is -0.316 e. The minimum atomic E-state index is 0.904. The number of hydrogen-bond donors (Lipinski definition) is 1. The molecular weight excluding hydrogens is 198 g/mol. The molecule has 2 aliphatic rings. The third kappa shape index (κ3) is 1.88. The van der Waals surface area contributed by atoms with Crippen molar-refractivity contribution in [3.8, 4) is 0 Å². The zero-order chi connectivity index (χ0) is 11.0. The third-order valence-electron chi connectivity index (χ3n) is 4.37. The fourth-order valence-electron chi connectivity index (χ4n) is 3.64. The van der Waals surface area contributed by atoms with Gasteiger partial charge < -0.3 is 5.32 Å². The van der Waals surface area contributed by atoms with Crippen LogP contribution in [0.4, 0.5) is 0 Å². The normalized spacial score (nSPS) is 32.4. The van der Waals surface area contributed by atoms with Gasteiger partial charge in [0.15, 0.2) is 0 Å². The first-order valence-electron chi connectivity index (χ1n) is 6.51. The van der Waals surface area contributed by atoms with Gasteiger partial charge in [-0.15, -0.1) is 0 Å². The van der Waals surface area contributed by atoms with Gasteiger partial charge in [-0.1, -0.05) is 6.42 Å². The van der Waals surface area contributed by atoms with Crippen LogP contribution in [0.2, 0.25) is 0 Å². The highest BCUT2D eigenvalue weighted by molar-refractivity contribution is 5.03. The summed E-state index contributed by atoms with van der Waals surface area (Å²) < 4.78 is 2.15. The molecular formula is C13H21N3. The van der Waals surface area contributed by atoms with E-state index in [1.807, 2.05) is 13.2 Å². The Labute approximate surface area is 97.2 Å². The van der Waals surface area contributed by atoms with E-state index in [2.05, 4.69) is 21.3 Å². The summed E-state index contributed by atoms with van der Waals surface area (Å²) in [6.45, 7) is 2.07. The molecule has 2 fully saturated rings. The molecule has 2 saturated carbocycles. The largest absolute Gasteiger partial charge is 0.316 e. The number of nitrogens with zero attached hydrogens (tertiary/aromatic N) is 2. The molecule has 2 bridgehead atoms. The van der Waals surface area contributed by atoms with E-state index in [0.29, 0.717) is 0 Å². The molecule has 0 spiro atoms. The highest BCUT2D eigenvalue weighted by atomic mass is 15.3. The van der Waals surface area contributed by atoms with E-state index < -0.39 is 0 Å². The van der Waals surface area contributed by atoms with Gasteiger partial charge in [0.2, 0.25) is 0 Å². The van der Waals surface area contributed by atoms with Crippen molar-refractivity contribution in [2.75, 3.05) is 7.05 Å². The molecule has 3 heteroatoms. The summed E-state index contributed by atoms with van der Waals surface area (Å²) >= 11 is 0. The highest BCUT2D eigenvalue weighted by Crippen LogP contribution is 2.48. The fraction of sp³-hybridized carbons (Fsp3) is 0.769. The Bertz CT molecular complexity index is 358. The SMILES string of the molecule is CNCc1cnn(CC2CC3CCC2C3)c1. The summed E-state index contributed by atoms with van der Waals surface area (Å²) in [5.41, 5.74) is 1.30. The Morgan fingerprint density at radius 1 is 1.44 bits per heavy atom. The lowest BCUT2D eigenvalue weighted by Crippen LogP contribution is -2.17. The molecule has 1 aromatic heterocycles. The van der Waals surface area contributed by atoms with Crippen LogP contribution in [0.5, 0.6) is 0 Å². The van der Waals surface area contributed by atoms with E-state index >= 15 is 0 Å². The molecule has 1 heterocycles. The van der Waals surface area contributed by atoms with E-state index in [4.69, 9.17) is 0 Å². The van der Waals surface area contributed by atoms with Gasteiger partial charge in [-0.05, 0) is 44.1 Å². The summed E-state index contributed by atoms with van der Waals surface area (Å²) in [5.74, 6) is 2.95. The zero-order valence-corrected chi connectivity index (χ0v) is 10.0. The lowest BCUT2D eigenvalue weighted by atomic mass is 9.89. The van der Waals surface area contributed by atoms with Crippen LogP contribution < -0.4 is 5.32 Å². The molecule has 3 nitrogen and oxygen atoms in total. The molecule has 3 unspecified atom stereocenters. The maximum atomic E-state index is 4.46. The topological polar surface area (TPSA) is 29.9 Å². The lowest BCUT2D eigenvalue weighted by Gasteiger charge is -2.21. The van der Waals surface area contributed by atoms with Crippen LogP contribution in [-0.4, -0.2) is 16.8 Å². The van der Waals surface area contributed by atoms with Gasteiger partial charge in [0.1, 0.15) is 0 Å². The smallest absolute Gasteiger partial charge is 0.0534 e. The van der Waals surface area contributed by atoms with Gasteiger partial charge in [0.05, 0.1) is 6.20 Å². The van der Waals surface area contributed by atoms with Gasteiger partial charge >= 0.3 is 0 Å². The van der Waals surface area contributed by atoms with Gasteiger partial charge in [0.25, 0.3) is 0 Å². The Hall–Kier alpha value is -0.830. The van der Waals surface area contributed by atoms with Crippen LogP contribution in [0, 0.1) is 17.8 Å². The van der Waals surface area contributed by atoms with Crippen molar-refractivity contribution in [3.05, 3.63) is 18.0 Å². The summed E-state index contributed by atoms with van der Waals surface area (Å²) in [5, 5.41) is 7.62. The number of fused-ring (bicyclic) bond motifs is 2. The molecule has 3 atom stereocenters. The van der Waals surface area contributed by atoms with E-state index in [1.54, 1.807) is 0 Å². The number of nitrogens with one attached hydrogen (secondary N) is 1. The molecule has 1 aromatic rings. The average molecular weight is 219 g/mol. The predicted molar refractivity (Wildman–Crippen MR) is 63.9 cm³/mol. The van der Waals surface area contributed by atoms with Crippen molar-refractivity contribution < 1.29 is 0 Å². The molecule has 88 valence electrons. The Balaban J connectivity index is 1.61. The third-order valence-corrected chi connectivity index (χ3v) is 4.37. The second kappa shape index (κ2) is 4.21. The van der Waals surface area contributed by atoms with Crippen molar-refractivity contribution in [3.63, 3.8) is 0 Å². The van der Waals surface area contributed by atoms with Crippen LogP contribution in [0.15, 0.2) is 12.4 Å². The quantitative estimate of drug-likeness (QED) is 0.840. The maximum Gasteiger partial charge on any atom is 0.0534 e. The second-order valence-corrected chi connectivity index (χ2v) is 5.54. The molecule has 16 heavy (non-hydrogen) atoms. The average Bonchev–Trinajstić information content (AvgIpc) is 2.95. The van der Waals surface area contributed by atoms with Crippen molar-refractivity contribution in [2.45, 2.75) is 38.8 Å². The van der Waals surface area contributed by atoms with Gasteiger partial charge in [-0.25, -0.2) is 0 Å². The predicted octanol–water partition coefficient (Wildman–Crippen LogP) is 2.04. The number of rotatable bonds is 4. The van der Waals surface area contributed by atoms with Gasteiger partial charge in [0, 0.05) is 24.8 Å². The first kappa shape index (κ1) is 10.3. The van der Waals surface area contributed by atoms with Gasteiger partial charge in [-0.2, -0.15) is 5.10 Å². The van der Waals surface area contributed by atoms with E-state index in [9.17, 15) is 0 Å². The number of hydrogen-bond acceptors (Lipinski definition) is 2. The second-order valence-electron chi connectivity index (χ2n) is 5.54. The van der Waals surface area contributed by atoms with Crippen LogP contribution >= 0.6 is 0 Å². The van der Waals surface area contributed by atoms with Crippen molar-refractivity contribution in [1.82, 2.24) is 15.1 Å². The first-order valence-corrected chi connectivity index (χ1v) is 6.51. The van der Waals surface area contributed by atoms with Gasteiger partial charge in [-0.3, -0.25) is 4.68 Å². The molecule has 0 amide bonds. The molecule has 1 N–H and O–H groups in total. The van der Waals surface area contributed by atoms with Crippen molar-refractivity contribution >= 4 is 0 Å². The maximum absolute atomic E-state index is 4.46. The van der Waals surface area contributed by atoms with Crippen LogP contribution in [0.1, 0.15) is 31.2 Å². The highest BCUT2D eigenvalue weighted by Gasteiger charge is 2.39. The van der Waals surface area contributed by atoms with E-state index in [1.165, 1.54) is 31.2 Å². The standard InChI is InChI=1S/C13H21N3/c1-14-6-11-7-15-16(8-11)9-13-5-10-2-3-12(13)4-10/h7-8,10,12-14H,2-6,9H2,1H3. The van der Waals surface area contributed by atoms with Crippen molar-refractivity contribution in [1.29, 1.82) is 0 Å². The molecule has 3 rings (SSSR count). The first-order chi connectivity index (χ1) is 7.85. The summed E-state index contributed by atoms with van der Waals surface area (Å²) in [6, 6.07) is 0. The summed E-state index contributed by atoms with van der Waals surface area (Å²) in [4.78, 5) is 0. The lowest BCUT2D eigenvalue weighted by molar-refractivity contribution is 0.285. The van der Waals surface area contributed by atoms with Crippen LogP contribution in [-0.2, 0) is 13.1 Å². The molecule has 0 aromatic carbocycles. The number of aromatic nitrogens is 2. The van der Waals surface area contributed by atoms with Crippen molar-refractivity contribution in [2.24, 2.45) is 17.8 Å². The van der Waals surface area contributed by atoms with Crippen LogP contribution in [0.25, 0.3) is 0 Å². The molecule has 0 aliphatic heterocycles. The van der Waals surface area contributed by atoms with E-state index in [-0.39, 0.29) is 0 Å². The Kier molecular flexibility index (Phi) is 2.72. The summed E-state index contributed by atoms with van der Waals surface area (Å²) in [7, 11) is 1.98. The molecule has 0 saturated heterocycles. The minimum absolute atomic E-state index is 0.904. The molecule has 0 radical (unpaired) electrons. The summed E-state index contributed by atoms with van der Waals surface area (Å²) in [6.07, 6.45) is 10.1. The van der Waals surface area contributed by atoms with E-state index in [0.717, 1.165) is 30.8 Å². The molecule has 2 aliphatic carbocycles. The fourth-order valence-corrected chi connectivity index (χ4v) is 3.64. The van der Waals surface area contributed by atoms with Crippen LogP contribution in [0.3, 0.4) is 0 Å². The Morgan fingerprint density at radius 2 is 2.38 bits per heavy atom. The monoisotopic (exact) mass is 219 g/mol.